The Labute approximate surface area is 139 Å². The number of amides is 1. The fourth-order valence-corrected chi connectivity index (χ4v) is 3.96. The molecule has 0 bridgehead atoms. The molecule has 126 valence electrons. The number of nitrogens with zero attached hydrogens (tertiary/aromatic N) is 2. The van der Waals surface area contributed by atoms with E-state index in [1.165, 1.54) is 5.56 Å². The molecule has 0 atom stereocenters. The van der Waals surface area contributed by atoms with Crippen molar-refractivity contribution in [3.8, 4) is 0 Å². The zero-order valence-electron chi connectivity index (χ0n) is 14.5. The molecule has 1 aromatic rings. The first-order chi connectivity index (χ1) is 10.9. The van der Waals surface area contributed by atoms with Crippen LogP contribution in [0.15, 0.2) is 30.3 Å². The number of rotatable bonds is 3. The van der Waals surface area contributed by atoms with Crippen LogP contribution in [0.2, 0.25) is 0 Å². The zero-order valence-corrected chi connectivity index (χ0v) is 14.5. The highest BCUT2D eigenvalue weighted by atomic mass is 16.5. The Morgan fingerprint density at radius 1 is 1.13 bits per heavy atom. The molecule has 1 spiro atoms. The van der Waals surface area contributed by atoms with Gasteiger partial charge in [0.2, 0.25) is 0 Å². The summed E-state index contributed by atoms with van der Waals surface area (Å²) in [5, 5.41) is 0. The molecule has 0 aromatic heterocycles. The van der Waals surface area contributed by atoms with E-state index >= 15 is 0 Å². The number of hydrogen-bond acceptors (Lipinski definition) is 3. The van der Waals surface area contributed by atoms with Gasteiger partial charge in [0.1, 0.15) is 5.60 Å². The second-order valence-electron chi connectivity index (χ2n) is 7.53. The van der Waals surface area contributed by atoms with Crippen molar-refractivity contribution in [2.75, 3.05) is 33.2 Å². The van der Waals surface area contributed by atoms with Gasteiger partial charge in [0.25, 0.3) is 5.91 Å². The summed E-state index contributed by atoms with van der Waals surface area (Å²) in [4.78, 5) is 16.6. The first-order valence-electron chi connectivity index (χ1n) is 8.62. The number of carbonyl (C=O) groups is 1. The van der Waals surface area contributed by atoms with E-state index in [1.807, 2.05) is 25.8 Å². The van der Waals surface area contributed by atoms with E-state index in [9.17, 15) is 4.79 Å². The van der Waals surface area contributed by atoms with E-state index in [0.29, 0.717) is 0 Å². The average molecular weight is 316 g/mol. The van der Waals surface area contributed by atoms with Crippen LogP contribution in [0.5, 0.6) is 0 Å². The lowest BCUT2D eigenvalue weighted by molar-refractivity contribution is -0.213. The lowest BCUT2D eigenvalue weighted by atomic mass is 9.86. The van der Waals surface area contributed by atoms with Crippen molar-refractivity contribution in [2.24, 2.45) is 0 Å². The fourth-order valence-electron chi connectivity index (χ4n) is 3.96. The number of likely N-dealkylation sites (N-methyl/N-ethyl adjacent to an activating group) is 1. The molecule has 4 nitrogen and oxygen atoms in total. The lowest BCUT2D eigenvalue weighted by Gasteiger charge is -2.51. The molecule has 4 heteroatoms. The molecule has 2 heterocycles. The molecule has 0 N–H and O–H groups in total. The molecular formula is C19H28N2O2. The van der Waals surface area contributed by atoms with E-state index in [0.717, 1.165) is 45.4 Å². The summed E-state index contributed by atoms with van der Waals surface area (Å²) in [7, 11) is 1.90. The Bertz CT molecular complexity index is 548. The molecule has 2 saturated heterocycles. The number of hydrogen-bond donors (Lipinski definition) is 0. The second-order valence-corrected chi connectivity index (χ2v) is 7.53. The van der Waals surface area contributed by atoms with Gasteiger partial charge < -0.3 is 14.5 Å². The highest BCUT2D eigenvalue weighted by Gasteiger charge is 2.49. The Hall–Kier alpha value is -1.39. The van der Waals surface area contributed by atoms with Gasteiger partial charge in [-0.3, -0.25) is 4.79 Å². The molecule has 2 fully saturated rings. The van der Waals surface area contributed by atoms with Gasteiger partial charge >= 0.3 is 0 Å². The van der Waals surface area contributed by atoms with E-state index in [4.69, 9.17) is 4.74 Å². The number of carbonyl (C=O) groups excluding carboxylic acids is 1. The number of likely N-dealkylation sites (tertiary alicyclic amines) is 1. The molecule has 0 unspecified atom stereocenters. The summed E-state index contributed by atoms with van der Waals surface area (Å²) in [5.74, 6) is 0.0923. The van der Waals surface area contributed by atoms with Crippen molar-refractivity contribution in [3.05, 3.63) is 35.9 Å². The van der Waals surface area contributed by atoms with Gasteiger partial charge in [-0.25, -0.2) is 0 Å². The van der Waals surface area contributed by atoms with Crippen molar-refractivity contribution in [1.82, 2.24) is 9.80 Å². The number of ether oxygens (including phenoxy) is 1. The molecule has 23 heavy (non-hydrogen) atoms. The van der Waals surface area contributed by atoms with Gasteiger partial charge in [-0.05, 0) is 38.7 Å². The van der Waals surface area contributed by atoms with E-state index in [-0.39, 0.29) is 11.5 Å². The predicted octanol–water partition coefficient (Wildman–Crippen LogP) is 2.33. The third-order valence-corrected chi connectivity index (χ3v) is 5.19. The summed E-state index contributed by atoms with van der Waals surface area (Å²) in [6.07, 6.45) is 3.10. The van der Waals surface area contributed by atoms with Gasteiger partial charge in [0, 0.05) is 33.2 Å². The molecule has 2 aliphatic heterocycles. The van der Waals surface area contributed by atoms with Crippen LogP contribution in [0.1, 0.15) is 32.3 Å². The lowest BCUT2D eigenvalue weighted by Crippen LogP contribution is -2.64. The Morgan fingerprint density at radius 2 is 1.78 bits per heavy atom. The summed E-state index contributed by atoms with van der Waals surface area (Å²) in [5.41, 5.74) is 0.544. The van der Waals surface area contributed by atoms with E-state index in [1.54, 1.807) is 0 Å². The molecule has 3 rings (SSSR count). The van der Waals surface area contributed by atoms with Crippen LogP contribution in [0.25, 0.3) is 0 Å². The maximum atomic E-state index is 12.2. The van der Waals surface area contributed by atoms with Crippen molar-refractivity contribution in [1.29, 1.82) is 0 Å². The Balaban J connectivity index is 1.55. The summed E-state index contributed by atoms with van der Waals surface area (Å²) < 4.78 is 6.28. The second kappa shape index (κ2) is 6.25. The number of benzene rings is 1. The van der Waals surface area contributed by atoms with Gasteiger partial charge in [-0.1, -0.05) is 30.3 Å². The molecule has 0 radical (unpaired) electrons. The largest absolute Gasteiger partial charge is 0.357 e. The third kappa shape index (κ3) is 3.59. The molecule has 0 aliphatic carbocycles. The summed E-state index contributed by atoms with van der Waals surface area (Å²) in [6, 6.07) is 10.7. The highest BCUT2D eigenvalue weighted by Crippen LogP contribution is 2.36. The highest BCUT2D eigenvalue weighted by molar-refractivity contribution is 5.85. The van der Waals surface area contributed by atoms with E-state index in [2.05, 4.69) is 35.2 Å². The van der Waals surface area contributed by atoms with Crippen molar-refractivity contribution < 1.29 is 9.53 Å². The van der Waals surface area contributed by atoms with Crippen LogP contribution in [0.4, 0.5) is 0 Å². The van der Waals surface area contributed by atoms with Crippen molar-refractivity contribution in [2.45, 2.75) is 44.3 Å². The van der Waals surface area contributed by atoms with Crippen LogP contribution < -0.4 is 0 Å². The predicted molar refractivity (Wildman–Crippen MR) is 91.4 cm³/mol. The van der Waals surface area contributed by atoms with E-state index < -0.39 is 5.60 Å². The number of piperidine rings is 1. The Kier molecular flexibility index (Phi) is 4.47. The average Bonchev–Trinajstić information content (AvgIpc) is 2.53. The minimum Gasteiger partial charge on any atom is -0.357 e. The van der Waals surface area contributed by atoms with Crippen LogP contribution in [-0.4, -0.2) is 60.1 Å². The molecule has 1 amide bonds. The van der Waals surface area contributed by atoms with Gasteiger partial charge in [0.15, 0.2) is 0 Å². The SMILES string of the molecule is CN1CC2(CCN(CCc3ccccc3)CC2)OC(C)(C)C1=O. The molecule has 0 saturated carbocycles. The van der Waals surface area contributed by atoms with Gasteiger partial charge in [0.05, 0.1) is 5.60 Å². The zero-order chi connectivity index (χ0) is 16.5. The maximum Gasteiger partial charge on any atom is 0.254 e. The number of morpholine rings is 1. The first-order valence-corrected chi connectivity index (χ1v) is 8.62. The molecule has 1 aromatic carbocycles. The monoisotopic (exact) mass is 316 g/mol. The van der Waals surface area contributed by atoms with Gasteiger partial charge in [-0.2, -0.15) is 0 Å². The normalized spacial score (nSPS) is 24.1. The van der Waals surface area contributed by atoms with Crippen LogP contribution in [0.3, 0.4) is 0 Å². The maximum absolute atomic E-state index is 12.2. The van der Waals surface area contributed by atoms with Crippen molar-refractivity contribution in [3.63, 3.8) is 0 Å². The Morgan fingerprint density at radius 3 is 2.39 bits per heavy atom. The summed E-state index contributed by atoms with van der Waals surface area (Å²) >= 11 is 0. The minimum atomic E-state index is -0.695. The first kappa shape index (κ1) is 16.5. The fraction of sp³-hybridized carbons (Fsp3) is 0.632. The quantitative estimate of drug-likeness (QED) is 0.858. The summed E-state index contributed by atoms with van der Waals surface area (Å²) in [6.45, 7) is 7.71. The third-order valence-electron chi connectivity index (χ3n) is 5.19. The minimum absolute atomic E-state index is 0.0923. The van der Waals surface area contributed by atoms with Crippen LogP contribution in [0, 0.1) is 0 Å². The standard InChI is InChI=1S/C19H28N2O2/c1-18(2)17(22)20(3)15-19(23-18)10-13-21(14-11-19)12-9-16-7-5-4-6-8-16/h4-8H,9-15H2,1-3H3. The topological polar surface area (TPSA) is 32.8 Å². The molecular weight excluding hydrogens is 288 g/mol. The van der Waals surface area contributed by atoms with Gasteiger partial charge in [-0.15, -0.1) is 0 Å². The van der Waals surface area contributed by atoms with Crippen molar-refractivity contribution >= 4 is 5.91 Å². The molecule has 2 aliphatic rings. The smallest absolute Gasteiger partial charge is 0.254 e. The van der Waals surface area contributed by atoms with Crippen LogP contribution in [-0.2, 0) is 16.0 Å². The van der Waals surface area contributed by atoms with Crippen LogP contribution >= 0.6 is 0 Å².